The number of allylic oxidation sites excluding steroid dienone is 1. The number of aromatic amines is 1. The molecule has 1 aromatic carbocycles. The van der Waals surface area contributed by atoms with Gasteiger partial charge in [-0.25, -0.2) is 19.2 Å². The number of aliphatic hydroxyl groups excluding tert-OH is 7. The number of urea groups is 1. The van der Waals surface area contributed by atoms with Gasteiger partial charge in [0.2, 0.25) is 41.4 Å². The Balaban J connectivity index is 1.02. The van der Waals surface area contributed by atoms with Crippen LogP contribution >= 0.6 is 0 Å². The fraction of sp³-hybridized carbons (Fsp3) is 0.694. The second-order valence-corrected chi connectivity index (χ2v) is 28.6. The SMILES string of the molecule is [3H]C1CC(=O)N(CCCCCC(=O)NC(C(=O)NC(CCCNC(N)=O)C(=O)Nc2ccc(COC(=O)N(C)CCN(C)C(=O)OC[C@H]3O[C@H](OC4O[C@H](C[C@@H](O)[C@H]5O[C@@H](n6ccc(=O)[nH]c6=O)[C@H](O)[C@@H]5O)[C@H](O)[C@H](O)[C@H]4NC(=O)/C=C\CCCCCCCCCC(C)C)[C@H](NC(C)=O)[C@@H](O)[C@@H]3O)cc2)C(C)C)C1=O. The highest BCUT2D eigenvalue weighted by atomic mass is 16.8. The van der Waals surface area contributed by atoms with Crippen LogP contribution in [-0.4, -0.2) is 264 Å². The molecule has 5 heterocycles. The molecule has 4 aliphatic rings. The third kappa shape index (κ3) is 28.1. The van der Waals surface area contributed by atoms with Gasteiger partial charge in [0, 0.05) is 92.2 Å². The van der Waals surface area contributed by atoms with E-state index in [1.54, 1.807) is 32.1 Å². The molecule has 37 nitrogen and oxygen atoms in total. The lowest BCUT2D eigenvalue weighted by Gasteiger charge is -2.47. The first-order chi connectivity index (χ1) is 52.1. The lowest BCUT2D eigenvalue weighted by atomic mass is 9.91. The third-order valence-electron chi connectivity index (χ3n) is 19.0. The van der Waals surface area contributed by atoms with Gasteiger partial charge >= 0.3 is 23.9 Å². The summed E-state index contributed by atoms with van der Waals surface area (Å²) < 4.78 is 43.6. The standard InChI is InChI=1S/C72H112N12O25/c1-40(2)21-16-13-11-9-8-10-12-14-17-23-50(88)79-56-60(95)57(92)47(37-46(86)63-61(96)62(97)66(108-63)84-34-31-51(89)80-70(84)101)106-68(56)109-67-55(75-42(5)85)59(94)58(93)48(107-67)39-105-72(103)82(7)36-35-81(6)71(102)104-38-43-25-27-44(28-26-43)76-64(98)45(22-20-32-74-69(73)100)77-65(99)54(41(3)4)78-49(87)24-18-15-19-33-83-52(90)29-30-53(83)91/h17,23,25-28,31,34,40-41,45-48,54-63,66-68,86,92-97H,8-16,18-22,24,29-30,32-33,35-39H2,1-7H3,(H,75,85)(H,76,98)(H,77,99)(H,78,87)(H,79,88)(H3,73,74,100)(H,80,89,101)/b23-17-/t45?,46-,47-,48-,54?,55-,56-,57+,58-,59-,60-,61+,62-,63-,66-,67-,68?/m1/s1/i29T/t29?,45?,46-,47-,48-,54?,55-,56-,57+,58-,59-,60-,61+,62-,63-,66-,67-,68?. The summed E-state index contributed by atoms with van der Waals surface area (Å²) in [4.78, 5) is 159. The number of ether oxygens (including phenoxy) is 6. The number of primary amides is 1. The number of nitrogens with one attached hydrogen (secondary N) is 7. The normalized spacial score (nSPS) is 25.8. The van der Waals surface area contributed by atoms with E-state index in [1.807, 2.05) is 4.98 Å². The molecule has 4 fully saturated rings. The van der Waals surface area contributed by atoms with E-state index >= 15 is 0 Å². The molecule has 6 rings (SSSR count). The van der Waals surface area contributed by atoms with E-state index in [4.69, 9.17) is 35.5 Å². The number of likely N-dealkylation sites (N-methyl/N-ethyl adjacent to an activating group) is 2. The molecular weight excluding hydrogens is 1430 g/mol. The van der Waals surface area contributed by atoms with Crippen LogP contribution in [-0.2, 0) is 68.6 Å². The number of hydrogen-bond acceptors (Lipinski definition) is 25. The van der Waals surface area contributed by atoms with Crippen LogP contribution in [0.1, 0.15) is 163 Å². The number of benzene rings is 1. The Morgan fingerprint density at radius 1 is 0.706 bits per heavy atom. The molecule has 0 radical (unpaired) electrons. The molecule has 4 aliphatic heterocycles. The Morgan fingerprint density at radius 2 is 1.32 bits per heavy atom. The number of carbonyl (C=O) groups excluding carboxylic acids is 10. The lowest BCUT2D eigenvalue weighted by molar-refractivity contribution is -0.346. The van der Waals surface area contributed by atoms with Crippen molar-refractivity contribution in [1.82, 2.24) is 50.8 Å². The molecule has 37 heteroatoms. The van der Waals surface area contributed by atoms with Crippen LogP contribution in [0.2, 0.25) is 0 Å². The number of nitrogens with two attached hydrogens (primary N) is 1. The first-order valence-electron chi connectivity index (χ1n) is 37.7. The first-order valence-corrected chi connectivity index (χ1v) is 37.1. The first kappa shape index (κ1) is 87.7. The number of aliphatic hydroxyl groups is 7. The Morgan fingerprint density at radius 3 is 1.94 bits per heavy atom. The fourth-order valence-electron chi connectivity index (χ4n) is 12.7. The zero-order chi connectivity index (χ0) is 81.1. The maximum Gasteiger partial charge on any atom is 0.409 e. The number of hydrogen-bond donors (Lipinski definition) is 15. The van der Waals surface area contributed by atoms with Gasteiger partial charge in [0.1, 0.15) is 86.2 Å². The van der Waals surface area contributed by atoms with Gasteiger partial charge in [-0.3, -0.25) is 52.8 Å². The highest BCUT2D eigenvalue weighted by Crippen LogP contribution is 2.35. The van der Waals surface area contributed by atoms with Gasteiger partial charge in [-0.1, -0.05) is 97.3 Å². The minimum Gasteiger partial charge on any atom is -0.447 e. The average molecular weight is 1550 g/mol. The second kappa shape index (κ2) is 44.4. The third-order valence-corrected chi connectivity index (χ3v) is 19.0. The summed E-state index contributed by atoms with van der Waals surface area (Å²) in [7, 11) is 2.72. The van der Waals surface area contributed by atoms with Gasteiger partial charge in [0.15, 0.2) is 18.8 Å². The van der Waals surface area contributed by atoms with Crippen LogP contribution in [0.4, 0.5) is 20.1 Å². The Kier molecular flexibility index (Phi) is 35.7. The van der Waals surface area contributed by atoms with Crippen molar-refractivity contribution < 1.29 is 113 Å². The minimum atomic E-state index is -1.99. The van der Waals surface area contributed by atoms with Crippen molar-refractivity contribution in [2.24, 2.45) is 17.6 Å². The maximum absolute atomic E-state index is 13.8. The largest absolute Gasteiger partial charge is 0.447 e. The number of imide groups is 1. The number of aromatic nitrogens is 2. The smallest absolute Gasteiger partial charge is 0.409 e. The quantitative estimate of drug-likeness (QED) is 0.0228. The van der Waals surface area contributed by atoms with Crippen molar-refractivity contribution in [2.75, 3.05) is 52.2 Å². The molecule has 4 unspecified atom stereocenters. The Bertz CT molecular complexity index is 3520. The van der Waals surface area contributed by atoms with Gasteiger partial charge in [-0.15, -0.1) is 0 Å². The van der Waals surface area contributed by atoms with Crippen molar-refractivity contribution in [3.63, 3.8) is 0 Å². The number of unbranched alkanes of at least 4 members (excludes halogenated alkanes) is 9. The molecule has 18 atom stereocenters. The van der Waals surface area contributed by atoms with Gasteiger partial charge in [-0.05, 0) is 74.1 Å². The van der Waals surface area contributed by atoms with Crippen molar-refractivity contribution in [3.8, 4) is 0 Å². The highest BCUT2D eigenvalue weighted by molar-refractivity contribution is 6.02. The van der Waals surface area contributed by atoms with Crippen LogP contribution in [0, 0.1) is 11.8 Å². The predicted octanol–water partition coefficient (Wildman–Crippen LogP) is -0.412. The monoisotopic (exact) mass is 1550 g/mol. The van der Waals surface area contributed by atoms with Crippen molar-refractivity contribution in [1.29, 1.82) is 0 Å². The number of rotatable bonds is 42. The van der Waals surface area contributed by atoms with Crippen molar-refractivity contribution in [3.05, 3.63) is 75.1 Å². The molecule has 0 aliphatic carbocycles. The van der Waals surface area contributed by atoms with Gasteiger partial charge < -0.3 is 112 Å². The molecule has 16 N–H and O–H groups in total. The summed E-state index contributed by atoms with van der Waals surface area (Å²) in [6.45, 7) is 7.82. The molecule has 1 aromatic heterocycles. The summed E-state index contributed by atoms with van der Waals surface area (Å²) in [6, 6.07) is 0.791. The average Bonchev–Trinajstić information content (AvgIpc) is 1.61. The number of nitrogens with zero attached hydrogens (tertiary/aromatic N) is 4. The van der Waals surface area contributed by atoms with Crippen LogP contribution in [0.15, 0.2) is 58.3 Å². The molecule has 0 saturated carbocycles. The second-order valence-electron chi connectivity index (χ2n) is 28.6. The fourth-order valence-corrected chi connectivity index (χ4v) is 12.7. The van der Waals surface area contributed by atoms with E-state index in [-0.39, 0.29) is 58.5 Å². The van der Waals surface area contributed by atoms with Crippen LogP contribution in [0.25, 0.3) is 0 Å². The highest BCUT2D eigenvalue weighted by Gasteiger charge is 2.54. The van der Waals surface area contributed by atoms with E-state index in [1.165, 1.54) is 45.1 Å². The topological polar surface area (TPSA) is 530 Å². The number of carbonyl (C=O) groups is 10. The molecule has 4 saturated heterocycles. The maximum atomic E-state index is 13.8. The molecule has 0 spiro atoms. The number of anilines is 1. The van der Waals surface area contributed by atoms with E-state index in [0.717, 1.165) is 77.0 Å². The Labute approximate surface area is 633 Å². The summed E-state index contributed by atoms with van der Waals surface area (Å²) in [5, 5.41) is 95.4. The van der Waals surface area contributed by atoms with E-state index in [0.29, 0.717) is 42.9 Å². The summed E-state index contributed by atoms with van der Waals surface area (Å²) in [5.41, 5.74) is 4.22. The molecule has 11 amide bonds. The summed E-state index contributed by atoms with van der Waals surface area (Å²) in [6.07, 6.45) is -13.2. The molecule has 610 valence electrons. The van der Waals surface area contributed by atoms with Crippen molar-refractivity contribution >= 4 is 65.3 Å². The lowest BCUT2D eigenvalue weighted by Crippen LogP contribution is -2.69. The van der Waals surface area contributed by atoms with Crippen molar-refractivity contribution in [2.45, 2.75) is 261 Å². The van der Waals surface area contributed by atoms with Gasteiger partial charge in [-0.2, -0.15) is 0 Å². The van der Waals surface area contributed by atoms with Crippen LogP contribution < -0.4 is 48.9 Å². The van der Waals surface area contributed by atoms with E-state index in [2.05, 4.69) is 45.7 Å². The Hall–Kier alpha value is -8.50. The molecule has 2 aromatic rings. The zero-order valence-electron chi connectivity index (χ0n) is 63.8. The van der Waals surface area contributed by atoms with Gasteiger partial charge in [0.25, 0.3) is 5.56 Å². The van der Waals surface area contributed by atoms with E-state index < -0.39 is 200 Å². The summed E-state index contributed by atoms with van der Waals surface area (Å²) in [5.74, 6) is -3.96. The number of H-pyrrole nitrogens is 1. The van der Waals surface area contributed by atoms with Gasteiger partial charge in [0.05, 0.1) is 12.2 Å². The zero-order valence-corrected chi connectivity index (χ0v) is 62.8. The molecular formula is C72H112N12O25. The van der Waals surface area contributed by atoms with Crippen LogP contribution in [0.5, 0.6) is 0 Å². The number of likely N-dealkylation sites (tertiary alicyclic amines) is 1. The number of amides is 11. The molecule has 0 bridgehead atoms. The van der Waals surface area contributed by atoms with E-state index in [9.17, 15) is 93.3 Å². The minimum absolute atomic E-state index is 0.0351. The predicted molar refractivity (Wildman–Crippen MR) is 387 cm³/mol. The summed E-state index contributed by atoms with van der Waals surface area (Å²) >= 11 is 0. The van der Waals surface area contributed by atoms with Crippen LogP contribution in [0.3, 0.4) is 0 Å². The molecule has 109 heavy (non-hydrogen) atoms.